The molecule has 0 radical (unpaired) electrons. The van der Waals surface area contributed by atoms with Crippen molar-refractivity contribution in [2.45, 2.75) is 31.5 Å². The number of esters is 1. The Morgan fingerprint density at radius 1 is 1.24 bits per heavy atom. The lowest BCUT2D eigenvalue weighted by Crippen LogP contribution is -2.57. The highest BCUT2D eigenvalue weighted by Gasteiger charge is 2.44. The zero-order valence-electron chi connectivity index (χ0n) is 16.9. The van der Waals surface area contributed by atoms with E-state index in [9.17, 15) is 9.90 Å². The molecule has 29 heavy (non-hydrogen) atoms. The van der Waals surface area contributed by atoms with Gasteiger partial charge in [0.2, 0.25) is 0 Å². The Kier molecular flexibility index (Phi) is 6.74. The molecule has 0 amide bonds. The molecule has 0 saturated carbocycles. The second-order valence-corrected chi connectivity index (χ2v) is 7.19. The number of hydrogen-bond donors (Lipinski definition) is 2. The lowest BCUT2D eigenvalue weighted by atomic mass is 9.81. The topological polar surface area (TPSA) is 86.3 Å². The van der Waals surface area contributed by atoms with Crippen molar-refractivity contribution in [2.24, 2.45) is 0 Å². The van der Waals surface area contributed by atoms with Gasteiger partial charge < -0.3 is 24.1 Å². The maximum Gasteiger partial charge on any atom is 0.330 e. The number of phenols is 1. The van der Waals surface area contributed by atoms with E-state index in [0.717, 1.165) is 11.1 Å². The van der Waals surface area contributed by atoms with Crippen LogP contribution in [0.2, 0.25) is 0 Å². The molecule has 0 saturated heterocycles. The van der Waals surface area contributed by atoms with Gasteiger partial charge in [-0.05, 0) is 42.2 Å². The summed E-state index contributed by atoms with van der Waals surface area (Å²) in [5.74, 6) is -0.0705. The zero-order valence-corrected chi connectivity index (χ0v) is 16.9. The van der Waals surface area contributed by atoms with Gasteiger partial charge in [0.15, 0.2) is 11.5 Å². The summed E-state index contributed by atoms with van der Waals surface area (Å²) in [7, 11) is 2.91. The molecule has 3 rings (SSSR count). The highest BCUT2D eigenvalue weighted by atomic mass is 16.7. The van der Waals surface area contributed by atoms with E-state index in [4.69, 9.17) is 18.9 Å². The van der Waals surface area contributed by atoms with Gasteiger partial charge in [-0.25, -0.2) is 4.79 Å². The predicted octanol–water partition coefficient (Wildman–Crippen LogP) is 2.49. The number of phenolic OH excluding ortho intramolecular Hbond substituents is 1. The molecule has 0 bridgehead atoms. The summed E-state index contributed by atoms with van der Waals surface area (Å²) < 4.78 is 21.3. The van der Waals surface area contributed by atoms with E-state index in [1.807, 2.05) is 30.3 Å². The molecule has 2 atom stereocenters. The van der Waals surface area contributed by atoms with Crippen molar-refractivity contribution in [3.8, 4) is 11.5 Å². The van der Waals surface area contributed by atoms with Gasteiger partial charge in [0.1, 0.15) is 18.9 Å². The lowest BCUT2D eigenvalue weighted by Gasteiger charge is -2.39. The third-order valence-electron chi connectivity index (χ3n) is 5.03. The monoisotopic (exact) mass is 401 g/mol. The summed E-state index contributed by atoms with van der Waals surface area (Å²) in [5, 5.41) is 13.8. The van der Waals surface area contributed by atoms with E-state index in [1.165, 1.54) is 7.11 Å². The molecule has 156 valence electrons. The number of methoxy groups -OCH3 is 2. The van der Waals surface area contributed by atoms with Crippen molar-refractivity contribution in [2.75, 3.05) is 27.6 Å². The number of aromatic hydroxyl groups is 1. The zero-order chi connectivity index (χ0) is 20.9. The summed E-state index contributed by atoms with van der Waals surface area (Å²) >= 11 is 0. The fourth-order valence-electron chi connectivity index (χ4n) is 3.65. The Balaban J connectivity index is 1.88. The number of benzene rings is 2. The number of fused-ring (bicyclic) bond motifs is 1. The van der Waals surface area contributed by atoms with Gasteiger partial charge in [0, 0.05) is 13.2 Å². The number of hydrogen-bond acceptors (Lipinski definition) is 7. The van der Waals surface area contributed by atoms with E-state index in [-0.39, 0.29) is 18.6 Å². The van der Waals surface area contributed by atoms with Crippen molar-refractivity contribution < 1.29 is 28.8 Å². The Bertz CT molecular complexity index is 841. The molecule has 0 aliphatic carbocycles. The van der Waals surface area contributed by atoms with E-state index >= 15 is 0 Å². The molecule has 1 aliphatic rings. The quantitative estimate of drug-likeness (QED) is 0.399. The summed E-state index contributed by atoms with van der Waals surface area (Å²) in [6.07, 6.45) is 0.582. The van der Waals surface area contributed by atoms with Crippen molar-refractivity contribution in [3.05, 3.63) is 59.2 Å². The summed E-state index contributed by atoms with van der Waals surface area (Å²) in [6, 6.07) is 12.9. The molecule has 2 N–H and O–H groups in total. The number of ether oxygens (including phenoxy) is 4. The first kappa shape index (κ1) is 21.1. The van der Waals surface area contributed by atoms with Crippen LogP contribution in [0.25, 0.3) is 0 Å². The predicted molar refractivity (Wildman–Crippen MR) is 107 cm³/mol. The standard InChI is InChI=1S/C22H27NO6/c1-22(21(25)27-3)18-11-20(29-12-15-7-5-4-6-8-15)19(24)10-16(18)9-17(23-22)13-28-14-26-2/h4-8,10-11,17,23-24H,9,12-14H2,1-3H3/t17-,22?/m0/s1. The van der Waals surface area contributed by atoms with E-state index in [0.29, 0.717) is 30.9 Å². The SMILES string of the molecule is COCOC[C@@H]1Cc2cc(O)c(OCc3ccccc3)cc2C(C)(C(=O)OC)N1. The molecule has 7 heteroatoms. The minimum atomic E-state index is -1.10. The number of carbonyl (C=O) groups is 1. The highest BCUT2D eigenvalue weighted by molar-refractivity contribution is 5.83. The fourth-order valence-corrected chi connectivity index (χ4v) is 3.65. The van der Waals surface area contributed by atoms with Crippen LogP contribution in [0.1, 0.15) is 23.6 Å². The number of nitrogens with one attached hydrogen (secondary N) is 1. The number of rotatable bonds is 8. The first-order valence-electron chi connectivity index (χ1n) is 9.43. The smallest absolute Gasteiger partial charge is 0.330 e. The van der Waals surface area contributed by atoms with Crippen LogP contribution >= 0.6 is 0 Å². The van der Waals surface area contributed by atoms with Crippen LogP contribution in [0.5, 0.6) is 11.5 Å². The Morgan fingerprint density at radius 3 is 2.69 bits per heavy atom. The molecule has 1 unspecified atom stereocenters. The van der Waals surface area contributed by atoms with E-state index in [2.05, 4.69) is 5.32 Å². The summed E-state index contributed by atoms with van der Waals surface area (Å²) in [4.78, 5) is 12.6. The lowest BCUT2D eigenvalue weighted by molar-refractivity contribution is -0.149. The normalized spacial score (nSPS) is 20.7. The average Bonchev–Trinajstić information content (AvgIpc) is 2.72. The van der Waals surface area contributed by atoms with Crippen molar-refractivity contribution in [3.63, 3.8) is 0 Å². The minimum absolute atomic E-state index is 0.0327. The van der Waals surface area contributed by atoms with Gasteiger partial charge in [-0.2, -0.15) is 0 Å². The molecule has 0 spiro atoms. The Labute approximate surface area is 170 Å². The molecule has 0 aromatic heterocycles. The first-order valence-corrected chi connectivity index (χ1v) is 9.43. The van der Waals surface area contributed by atoms with Crippen molar-refractivity contribution in [1.29, 1.82) is 0 Å². The molecular formula is C22H27NO6. The minimum Gasteiger partial charge on any atom is -0.504 e. The molecular weight excluding hydrogens is 374 g/mol. The van der Waals surface area contributed by atoms with Crippen LogP contribution in [-0.4, -0.2) is 44.7 Å². The van der Waals surface area contributed by atoms with Gasteiger partial charge >= 0.3 is 5.97 Å². The molecule has 1 heterocycles. The molecule has 1 aliphatic heterocycles. The van der Waals surface area contributed by atoms with Gasteiger partial charge in [0.05, 0.1) is 13.7 Å². The van der Waals surface area contributed by atoms with Crippen LogP contribution in [0.15, 0.2) is 42.5 Å². The maximum absolute atomic E-state index is 12.6. The second kappa shape index (κ2) is 9.26. The van der Waals surface area contributed by atoms with Crippen LogP contribution < -0.4 is 10.1 Å². The third-order valence-corrected chi connectivity index (χ3v) is 5.03. The van der Waals surface area contributed by atoms with Crippen molar-refractivity contribution >= 4 is 5.97 Å². The summed E-state index contributed by atoms with van der Waals surface area (Å²) in [6.45, 7) is 2.59. The van der Waals surface area contributed by atoms with Gasteiger partial charge in [0.25, 0.3) is 0 Å². The number of carbonyl (C=O) groups excluding carboxylic acids is 1. The summed E-state index contributed by atoms with van der Waals surface area (Å²) in [5.41, 5.74) is 1.44. The largest absolute Gasteiger partial charge is 0.504 e. The Morgan fingerprint density at radius 2 is 2.00 bits per heavy atom. The van der Waals surface area contributed by atoms with Gasteiger partial charge in [-0.15, -0.1) is 0 Å². The van der Waals surface area contributed by atoms with Crippen LogP contribution in [0, 0.1) is 0 Å². The third kappa shape index (κ3) is 4.70. The van der Waals surface area contributed by atoms with Crippen molar-refractivity contribution in [1.82, 2.24) is 5.32 Å². The van der Waals surface area contributed by atoms with E-state index in [1.54, 1.807) is 26.2 Å². The highest BCUT2D eigenvalue weighted by Crippen LogP contribution is 2.39. The fraction of sp³-hybridized carbons (Fsp3) is 0.409. The molecule has 7 nitrogen and oxygen atoms in total. The maximum atomic E-state index is 12.6. The van der Waals surface area contributed by atoms with Gasteiger partial charge in [-0.3, -0.25) is 5.32 Å². The molecule has 0 fully saturated rings. The van der Waals surface area contributed by atoms with Crippen LogP contribution in [0.4, 0.5) is 0 Å². The molecule has 2 aromatic rings. The van der Waals surface area contributed by atoms with E-state index < -0.39 is 11.5 Å². The van der Waals surface area contributed by atoms with Crippen LogP contribution in [0.3, 0.4) is 0 Å². The second-order valence-electron chi connectivity index (χ2n) is 7.19. The average molecular weight is 401 g/mol. The van der Waals surface area contributed by atoms with Crippen LogP contribution in [-0.2, 0) is 37.6 Å². The molecule has 2 aromatic carbocycles. The first-order chi connectivity index (χ1) is 14.0. The van der Waals surface area contributed by atoms with Gasteiger partial charge in [-0.1, -0.05) is 30.3 Å². The Hall–Kier alpha value is -2.61.